The minimum absolute atomic E-state index is 0. The molecule has 3 nitrogen and oxygen atoms in total. The molecule has 0 atom stereocenters. The Hall–Kier alpha value is -0.380. The van der Waals surface area contributed by atoms with Gasteiger partial charge in [0.05, 0.1) is 5.21 Å². The monoisotopic (exact) mass is 485 g/mol. The number of nitrogens with zero attached hydrogens (tertiary/aromatic N) is 3. The minimum Gasteiger partial charge on any atom is -1.00 e. The second-order valence-corrected chi connectivity index (χ2v) is 9.08. The van der Waals surface area contributed by atoms with Crippen molar-refractivity contribution in [2.75, 3.05) is 0 Å². The van der Waals surface area contributed by atoms with Gasteiger partial charge in [0, 0.05) is 0 Å². The van der Waals surface area contributed by atoms with E-state index in [-0.39, 0.29) is 17.0 Å². The first-order chi connectivity index (χ1) is 14.4. The van der Waals surface area contributed by atoms with Crippen LogP contribution in [0.25, 0.3) is 0 Å². The predicted octanol–water partition coefficient (Wildman–Crippen LogP) is 5.02. The number of hydrogen-bond acceptors (Lipinski definition) is 1. The van der Waals surface area contributed by atoms with E-state index >= 15 is 0 Å². The van der Waals surface area contributed by atoms with Crippen molar-refractivity contribution in [3.63, 3.8) is 0 Å². The van der Waals surface area contributed by atoms with Gasteiger partial charge in [-0.25, -0.2) is 0 Å². The highest BCUT2D eigenvalue weighted by Crippen LogP contribution is 2.11. The number of hydrogen-bond donors (Lipinski definition) is 0. The van der Waals surface area contributed by atoms with Gasteiger partial charge in [0.1, 0.15) is 13.1 Å². The first-order valence-electron chi connectivity index (χ1n) is 13.3. The first kappa shape index (κ1) is 29.6. The van der Waals surface area contributed by atoms with E-state index in [1.54, 1.807) is 0 Å². The van der Waals surface area contributed by atoms with Crippen molar-refractivity contribution in [1.29, 1.82) is 0 Å². The molecule has 0 saturated carbocycles. The number of unbranched alkanes of at least 4 members (excludes halogenated alkanes) is 18. The molecular formula is C26H52BrN3. The molecule has 0 aliphatic heterocycles. The van der Waals surface area contributed by atoms with Gasteiger partial charge < -0.3 is 17.0 Å². The largest absolute Gasteiger partial charge is 1.00 e. The molecule has 0 aliphatic rings. The van der Waals surface area contributed by atoms with Gasteiger partial charge in [-0.1, -0.05) is 117 Å². The number of rotatable bonds is 22. The molecule has 0 spiro atoms. The quantitative estimate of drug-likeness (QED) is 0.167. The van der Waals surface area contributed by atoms with Gasteiger partial charge in [-0.2, -0.15) is 0 Å². The predicted molar refractivity (Wildman–Crippen MR) is 126 cm³/mol. The fourth-order valence-electron chi connectivity index (χ4n) is 4.12. The van der Waals surface area contributed by atoms with Crippen LogP contribution in [0.3, 0.4) is 0 Å². The van der Waals surface area contributed by atoms with Gasteiger partial charge in [-0.15, -0.1) is 9.36 Å². The van der Waals surface area contributed by atoms with Crippen molar-refractivity contribution in [2.24, 2.45) is 0 Å². The summed E-state index contributed by atoms with van der Waals surface area (Å²) in [6.45, 7) is 6.75. The second-order valence-electron chi connectivity index (χ2n) is 9.08. The molecule has 0 N–H and O–H groups in total. The van der Waals surface area contributed by atoms with Gasteiger partial charge in [-0.3, -0.25) is 0 Å². The highest BCUT2D eigenvalue weighted by Gasteiger charge is 2.05. The van der Waals surface area contributed by atoms with E-state index in [9.17, 15) is 0 Å². The van der Waals surface area contributed by atoms with Crippen LogP contribution in [0.4, 0.5) is 0 Å². The van der Waals surface area contributed by atoms with Crippen molar-refractivity contribution in [1.82, 2.24) is 9.90 Å². The van der Waals surface area contributed by atoms with Crippen LogP contribution in [0.15, 0.2) is 12.4 Å². The van der Waals surface area contributed by atoms with Crippen LogP contribution < -0.4 is 21.7 Å². The topological polar surface area (TPSA) is 21.7 Å². The van der Waals surface area contributed by atoms with Gasteiger partial charge in [-0.05, 0) is 25.7 Å². The molecule has 1 aromatic heterocycles. The Bertz CT molecular complexity index is 409. The third-order valence-corrected chi connectivity index (χ3v) is 6.12. The highest BCUT2D eigenvalue weighted by molar-refractivity contribution is 4.58. The lowest BCUT2D eigenvalue weighted by Gasteiger charge is -2.01. The van der Waals surface area contributed by atoms with E-state index in [1.165, 1.54) is 128 Å². The van der Waals surface area contributed by atoms with E-state index in [2.05, 4.69) is 35.6 Å². The number of aromatic nitrogens is 3. The summed E-state index contributed by atoms with van der Waals surface area (Å²) >= 11 is 0. The SMILES string of the molecule is CCCCCCCCCCCCn1cc[n+](CCCCCCCCCCCC)n1.[Br-]. The summed E-state index contributed by atoms with van der Waals surface area (Å²) in [5.41, 5.74) is 0. The van der Waals surface area contributed by atoms with Crippen LogP contribution in [0.1, 0.15) is 142 Å². The lowest BCUT2D eigenvalue weighted by atomic mass is 10.1. The summed E-state index contributed by atoms with van der Waals surface area (Å²) in [4.78, 5) is 0. The van der Waals surface area contributed by atoms with Crippen LogP contribution in [0.2, 0.25) is 0 Å². The zero-order valence-electron chi connectivity index (χ0n) is 20.4. The average molecular weight is 487 g/mol. The lowest BCUT2D eigenvalue weighted by molar-refractivity contribution is -0.755. The van der Waals surface area contributed by atoms with Crippen LogP contribution in [0.5, 0.6) is 0 Å². The molecule has 0 bridgehead atoms. The van der Waals surface area contributed by atoms with Crippen LogP contribution >= 0.6 is 0 Å². The Morgan fingerprint density at radius 3 is 1.43 bits per heavy atom. The van der Waals surface area contributed by atoms with E-state index < -0.39 is 0 Å². The fraction of sp³-hybridized carbons (Fsp3) is 0.923. The Kier molecular flexibility index (Phi) is 23.0. The van der Waals surface area contributed by atoms with Crippen LogP contribution in [-0.2, 0) is 13.1 Å². The third-order valence-electron chi connectivity index (χ3n) is 6.12. The Balaban J connectivity index is 0.00000841. The molecule has 0 unspecified atom stereocenters. The minimum atomic E-state index is 0. The summed E-state index contributed by atoms with van der Waals surface area (Å²) in [6, 6.07) is 0. The molecule has 1 aromatic rings. The smallest absolute Gasteiger partial charge is 0.155 e. The van der Waals surface area contributed by atoms with Gasteiger partial charge in [0.2, 0.25) is 0 Å². The molecule has 0 amide bonds. The van der Waals surface area contributed by atoms with Gasteiger partial charge in [0.25, 0.3) is 0 Å². The fourth-order valence-corrected chi connectivity index (χ4v) is 4.12. The molecule has 178 valence electrons. The Morgan fingerprint density at radius 1 is 0.567 bits per heavy atom. The maximum atomic E-state index is 4.70. The van der Waals surface area contributed by atoms with Gasteiger partial charge in [0.15, 0.2) is 12.4 Å². The maximum absolute atomic E-state index is 4.70. The van der Waals surface area contributed by atoms with Gasteiger partial charge >= 0.3 is 0 Å². The highest BCUT2D eigenvalue weighted by atomic mass is 79.9. The first-order valence-corrected chi connectivity index (χ1v) is 13.3. The van der Waals surface area contributed by atoms with E-state index in [1.807, 2.05) is 0 Å². The Labute approximate surface area is 199 Å². The van der Waals surface area contributed by atoms with Crippen molar-refractivity contribution in [3.8, 4) is 0 Å². The molecule has 4 heteroatoms. The molecule has 0 aliphatic carbocycles. The molecule has 0 fully saturated rings. The summed E-state index contributed by atoms with van der Waals surface area (Å²) in [5.74, 6) is 0. The van der Waals surface area contributed by atoms with E-state index in [0.29, 0.717) is 0 Å². The normalized spacial score (nSPS) is 11.0. The average Bonchev–Trinajstić information content (AvgIpc) is 3.18. The number of halogens is 1. The lowest BCUT2D eigenvalue weighted by Crippen LogP contribution is -3.00. The van der Waals surface area contributed by atoms with Crippen LogP contribution in [-0.4, -0.2) is 9.90 Å². The molecular weight excluding hydrogens is 434 g/mol. The number of aryl methyl sites for hydroxylation is 2. The maximum Gasteiger partial charge on any atom is 0.155 e. The van der Waals surface area contributed by atoms with Crippen molar-refractivity contribution >= 4 is 0 Å². The third kappa shape index (κ3) is 18.4. The van der Waals surface area contributed by atoms with Crippen LogP contribution in [0, 0.1) is 0 Å². The molecule has 0 aromatic carbocycles. The van der Waals surface area contributed by atoms with E-state index in [4.69, 9.17) is 5.21 Å². The summed E-state index contributed by atoms with van der Waals surface area (Å²) in [6.07, 6.45) is 32.3. The van der Waals surface area contributed by atoms with Crippen molar-refractivity contribution < 1.29 is 21.7 Å². The Morgan fingerprint density at radius 2 is 0.967 bits per heavy atom. The zero-order chi connectivity index (χ0) is 20.8. The van der Waals surface area contributed by atoms with Crippen molar-refractivity contribution in [2.45, 2.75) is 155 Å². The molecule has 30 heavy (non-hydrogen) atoms. The van der Waals surface area contributed by atoms with Crippen molar-refractivity contribution in [3.05, 3.63) is 12.4 Å². The molecule has 1 heterocycles. The molecule has 0 radical (unpaired) electrons. The second kappa shape index (κ2) is 23.3. The molecule has 1 rings (SSSR count). The van der Waals surface area contributed by atoms with E-state index in [0.717, 1.165) is 13.1 Å². The summed E-state index contributed by atoms with van der Waals surface area (Å²) < 4.78 is 4.28. The zero-order valence-corrected chi connectivity index (χ0v) is 22.0. The molecule has 0 saturated heterocycles. The summed E-state index contributed by atoms with van der Waals surface area (Å²) in [7, 11) is 0. The summed E-state index contributed by atoms with van der Waals surface area (Å²) in [5, 5.41) is 4.70. The standard InChI is InChI=1S/C26H52N3.BrH/c1-3-5-7-9-11-13-15-17-19-21-23-28-25-26-29(27-28)24-22-20-18-16-14-12-10-8-6-4-2;/h25-26H,3-24H2,1-2H3;1H/q+1;/p-1.